The van der Waals surface area contributed by atoms with Crippen LogP contribution in [0.1, 0.15) is 45.4 Å². The zero-order chi connectivity index (χ0) is 22.1. The molecule has 10 heteroatoms. The van der Waals surface area contributed by atoms with Gasteiger partial charge in [0, 0.05) is 45.3 Å². The SMILES string of the molecule is CCCCC(C#N)CCN(C)S(=O)(=O)N1CCN(c2ncnc3[nH]ccc23)CC12CC2. The van der Waals surface area contributed by atoms with Gasteiger partial charge in [-0.3, -0.25) is 0 Å². The number of H-pyrrole nitrogens is 1. The van der Waals surface area contributed by atoms with Crippen LogP contribution in [0.2, 0.25) is 0 Å². The quantitative estimate of drug-likeness (QED) is 0.635. The van der Waals surface area contributed by atoms with E-state index >= 15 is 0 Å². The molecule has 4 rings (SSSR count). The molecule has 2 aromatic heterocycles. The van der Waals surface area contributed by atoms with Gasteiger partial charge in [-0.05, 0) is 31.7 Å². The summed E-state index contributed by atoms with van der Waals surface area (Å²) >= 11 is 0. The number of nitrogens with zero attached hydrogens (tertiary/aromatic N) is 6. The first-order chi connectivity index (χ1) is 14.9. The molecule has 1 spiro atoms. The Hall–Kier alpha value is -2.22. The summed E-state index contributed by atoms with van der Waals surface area (Å²) in [6.45, 7) is 4.12. The van der Waals surface area contributed by atoms with Gasteiger partial charge < -0.3 is 9.88 Å². The molecule has 1 unspecified atom stereocenters. The van der Waals surface area contributed by atoms with Gasteiger partial charge in [0.2, 0.25) is 0 Å². The lowest BCUT2D eigenvalue weighted by Gasteiger charge is -2.43. The number of nitriles is 1. The number of unbranched alkanes of at least 4 members (excludes halogenated alkanes) is 1. The standard InChI is InChI=1S/C21H31N7O2S/c1-3-4-5-17(14-22)7-11-26(2)31(29,30)28-13-12-27(15-21(28)8-9-21)20-18-6-10-23-19(18)24-16-25-20/h6,10,16-17H,3-5,7-9,11-13,15H2,1-2H3,(H,23,24,25). The van der Waals surface area contributed by atoms with Crippen molar-refractivity contribution in [3.8, 4) is 6.07 Å². The number of hydrogen-bond donors (Lipinski definition) is 1. The van der Waals surface area contributed by atoms with Crippen LogP contribution >= 0.6 is 0 Å². The Kier molecular flexibility index (Phi) is 6.19. The van der Waals surface area contributed by atoms with Gasteiger partial charge in [0.05, 0.1) is 17.0 Å². The van der Waals surface area contributed by atoms with Crippen molar-refractivity contribution in [1.29, 1.82) is 5.26 Å². The minimum Gasteiger partial charge on any atom is -0.353 e. The molecular formula is C21H31N7O2S. The fourth-order valence-corrected chi connectivity index (χ4v) is 6.23. The molecule has 168 valence electrons. The number of anilines is 1. The highest BCUT2D eigenvalue weighted by atomic mass is 32.2. The van der Waals surface area contributed by atoms with Crippen LogP contribution in [0.3, 0.4) is 0 Å². The summed E-state index contributed by atoms with van der Waals surface area (Å²) in [7, 11) is -1.94. The summed E-state index contributed by atoms with van der Waals surface area (Å²) < 4.78 is 29.9. The second-order valence-electron chi connectivity index (χ2n) is 8.74. The predicted molar refractivity (Wildman–Crippen MR) is 120 cm³/mol. The van der Waals surface area contributed by atoms with Crippen LogP contribution in [0.5, 0.6) is 0 Å². The van der Waals surface area contributed by atoms with Crippen molar-refractivity contribution in [2.24, 2.45) is 5.92 Å². The third kappa shape index (κ3) is 4.27. The first-order valence-corrected chi connectivity index (χ1v) is 12.5. The normalized spacial score (nSPS) is 19.7. The fraction of sp³-hybridized carbons (Fsp3) is 0.667. The zero-order valence-corrected chi connectivity index (χ0v) is 19.1. The van der Waals surface area contributed by atoms with Crippen LogP contribution in [0.4, 0.5) is 5.82 Å². The third-order valence-electron chi connectivity index (χ3n) is 6.60. The number of nitrogens with one attached hydrogen (secondary N) is 1. The lowest BCUT2D eigenvalue weighted by atomic mass is 10.0. The summed E-state index contributed by atoms with van der Waals surface area (Å²) in [5, 5.41) is 10.3. The number of fused-ring (bicyclic) bond motifs is 1. The highest BCUT2D eigenvalue weighted by Gasteiger charge is 2.56. The number of aromatic amines is 1. The molecule has 9 nitrogen and oxygen atoms in total. The lowest BCUT2D eigenvalue weighted by molar-refractivity contribution is 0.249. The van der Waals surface area contributed by atoms with E-state index in [4.69, 9.17) is 0 Å². The van der Waals surface area contributed by atoms with E-state index in [1.165, 1.54) is 4.31 Å². The number of rotatable bonds is 9. The zero-order valence-electron chi connectivity index (χ0n) is 18.3. The molecular weight excluding hydrogens is 414 g/mol. The highest BCUT2D eigenvalue weighted by molar-refractivity contribution is 7.86. The first-order valence-electron chi connectivity index (χ1n) is 11.1. The van der Waals surface area contributed by atoms with Gasteiger partial charge in [0.25, 0.3) is 10.2 Å². The van der Waals surface area contributed by atoms with Gasteiger partial charge in [-0.2, -0.15) is 22.3 Å². The van der Waals surface area contributed by atoms with Gasteiger partial charge in [-0.1, -0.05) is 19.8 Å². The molecule has 0 radical (unpaired) electrons. The minimum absolute atomic E-state index is 0.0918. The maximum Gasteiger partial charge on any atom is 0.282 e. The predicted octanol–water partition coefficient (Wildman–Crippen LogP) is 2.51. The Labute approximate surface area is 184 Å². The van der Waals surface area contributed by atoms with Crippen LogP contribution in [0.25, 0.3) is 11.0 Å². The molecule has 0 aromatic carbocycles. The molecule has 31 heavy (non-hydrogen) atoms. The lowest BCUT2D eigenvalue weighted by Crippen LogP contribution is -2.59. The Morgan fingerprint density at radius 3 is 2.84 bits per heavy atom. The van der Waals surface area contributed by atoms with E-state index in [-0.39, 0.29) is 11.5 Å². The molecule has 1 saturated heterocycles. The molecule has 3 heterocycles. The van der Waals surface area contributed by atoms with Crippen LogP contribution < -0.4 is 4.90 Å². The Bertz CT molecular complexity index is 1060. The smallest absolute Gasteiger partial charge is 0.282 e. The molecule has 1 aliphatic carbocycles. The summed E-state index contributed by atoms with van der Waals surface area (Å²) in [4.78, 5) is 14.0. The Morgan fingerprint density at radius 2 is 2.13 bits per heavy atom. The number of hydrogen-bond acceptors (Lipinski definition) is 6. The molecule has 1 N–H and O–H groups in total. The summed E-state index contributed by atoms with van der Waals surface area (Å²) in [5.74, 6) is 0.765. The van der Waals surface area contributed by atoms with Gasteiger partial charge in [0.1, 0.15) is 17.8 Å². The van der Waals surface area contributed by atoms with Crippen molar-refractivity contribution in [1.82, 2.24) is 23.6 Å². The van der Waals surface area contributed by atoms with Crippen molar-refractivity contribution < 1.29 is 8.42 Å². The largest absolute Gasteiger partial charge is 0.353 e. The van der Waals surface area contributed by atoms with E-state index in [1.807, 2.05) is 12.3 Å². The van der Waals surface area contributed by atoms with Crippen molar-refractivity contribution in [3.05, 3.63) is 18.6 Å². The molecule has 2 fully saturated rings. The van der Waals surface area contributed by atoms with Crippen molar-refractivity contribution in [3.63, 3.8) is 0 Å². The minimum atomic E-state index is -3.58. The molecule has 1 saturated carbocycles. The number of piperazine rings is 1. The summed E-state index contributed by atoms with van der Waals surface area (Å²) in [5.41, 5.74) is 0.426. The van der Waals surface area contributed by atoms with Crippen molar-refractivity contribution in [2.45, 2.75) is 51.0 Å². The van der Waals surface area contributed by atoms with E-state index < -0.39 is 10.2 Å². The molecule has 2 aromatic rings. The van der Waals surface area contributed by atoms with E-state index in [0.29, 0.717) is 32.6 Å². The van der Waals surface area contributed by atoms with E-state index in [9.17, 15) is 13.7 Å². The highest BCUT2D eigenvalue weighted by Crippen LogP contribution is 2.47. The summed E-state index contributed by atoms with van der Waals surface area (Å²) in [6.07, 6.45) is 8.55. The van der Waals surface area contributed by atoms with Gasteiger partial charge in [-0.25, -0.2) is 9.97 Å². The number of aromatic nitrogens is 3. The van der Waals surface area contributed by atoms with E-state index in [0.717, 1.165) is 49.0 Å². The first kappa shape index (κ1) is 22.0. The van der Waals surface area contributed by atoms with E-state index in [1.54, 1.807) is 17.7 Å². The maximum atomic E-state index is 13.4. The van der Waals surface area contributed by atoms with Crippen LogP contribution in [0.15, 0.2) is 18.6 Å². The second-order valence-corrected chi connectivity index (χ2v) is 10.7. The molecule has 0 bridgehead atoms. The average Bonchev–Trinajstić information content (AvgIpc) is 3.34. The molecule has 0 amide bonds. The summed E-state index contributed by atoms with van der Waals surface area (Å²) in [6, 6.07) is 4.30. The van der Waals surface area contributed by atoms with Crippen molar-refractivity contribution >= 4 is 27.1 Å². The molecule has 1 aliphatic heterocycles. The Balaban J connectivity index is 1.45. The average molecular weight is 446 g/mol. The molecule has 1 atom stereocenters. The monoisotopic (exact) mass is 445 g/mol. The second kappa shape index (κ2) is 8.73. The fourth-order valence-electron chi connectivity index (χ4n) is 4.51. The van der Waals surface area contributed by atoms with Gasteiger partial charge in [0.15, 0.2) is 0 Å². The van der Waals surface area contributed by atoms with Gasteiger partial charge >= 0.3 is 0 Å². The van der Waals surface area contributed by atoms with Crippen LogP contribution in [-0.4, -0.2) is 70.7 Å². The van der Waals surface area contributed by atoms with E-state index in [2.05, 4.69) is 32.8 Å². The van der Waals surface area contributed by atoms with Crippen LogP contribution in [-0.2, 0) is 10.2 Å². The van der Waals surface area contributed by atoms with Gasteiger partial charge in [-0.15, -0.1) is 0 Å². The van der Waals surface area contributed by atoms with Crippen molar-refractivity contribution in [2.75, 3.05) is 38.1 Å². The molecule has 2 aliphatic rings. The van der Waals surface area contributed by atoms with Crippen LogP contribution in [0, 0.1) is 17.2 Å². The third-order valence-corrected chi connectivity index (χ3v) is 8.70. The topological polar surface area (TPSA) is 109 Å². The maximum absolute atomic E-state index is 13.4. The Morgan fingerprint density at radius 1 is 1.32 bits per heavy atom.